The van der Waals surface area contributed by atoms with Gasteiger partial charge in [0, 0.05) is 6.07 Å². The summed E-state index contributed by atoms with van der Waals surface area (Å²) in [4.78, 5) is 20.2. The van der Waals surface area contributed by atoms with E-state index in [2.05, 4.69) is 30.7 Å². The monoisotopic (exact) mass is 390 g/mol. The number of benzene rings is 1. The van der Waals surface area contributed by atoms with Crippen molar-refractivity contribution in [1.82, 2.24) is 9.97 Å². The predicted octanol–water partition coefficient (Wildman–Crippen LogP) is 5.06. The fraction of sp³-hybridized carbons (Fsp3) is 0.619. The van der Waals surface area contributed by atoms with E-state index in [1.165, 1.54) is 18.2 Å². The van der Waals surface area contributed by atoms with Crippen molar-refractivity contribution in [3.8, 4) is 5.75 Å². The van der Waals surface area contributed by atoms with Gasteiger partial charge in [0.05, 0.1) is 23.4 Å². The van der Waals surface area contributed by atoms with Gasteiger partial charge in [-0.25, -0.2) is 4.98 Å². The molecule has 1 fully saturated rings. The summed E-state index contributed by atoms with van der Waals surface area (Å²) < 4.78 is 11.4. The molecule has 1 aliphatic rings. The van der Waals surface area contributed by atoms with Crippen LogP contribution in [0.4, 0.5) is 0 Å². The van der Waals surface area contributed by atoms with Crippen LogP contribution >= 0.6 is 11.8 Å². The average molecular weight is 391 g/mol. The van der Waals surface area contributed by atoms with Gasteiger partial charge >= 0.3 is 5.97 Å². The fourth-order valence-electron chi connectivity index (χ4n) is 3.87. The molecule has 148 valence electrons. The second-order valence-electron chi connectivity index (χ2n) is 7.80. The van der Waals surface area contributed by atoms with Crippen molar-refractivity contribution >= 4 is 28.8 Å². The highest BCUT2D eigenvalue weighted by molar-refractivity contribution is 7.99. The minimum atomic E-state index is -0.153. The number of esters is 1. The lowest BCUT2D eigenvalue weighted by Gasteiger charge is -2.36. The summed E-state index contributed by atoms with van der Waals surface area (Å²) in [6.45, 7) is 9.28. The smallest absolute Gasteiger partial charge is 0.316 e. The van der Waals surface area contributed by atoms with E-state index in [1.807, 2.05) is 25.1 Å². The number of hydrogen-bond donors (Lipinski definition) is 1. The molecule has 0 spiro atoms. The maximum atomic E-state index is 12.4. The van der Waals surface area contributed by atoms with Crippen LogP contribution in [0.25, 0.3) is 11.0 Å². The molecule has 1 aromatic heterocycles. The van der Waals surface area contributed by atoms with Gasteiger partial charge in [-0.15, -0.1) is 0 Å². The lowest BCUT2D eigenvalue weighted by Crippen LogP contribution is -2.36. The van der Waals surface area contributed by atoms with E-state index < -0.39 is 0 Å². The number of fused-ring (bicyclic) bond motifs is 1. The number of hydrogen-bond acceptors (Lipinski definition) is 5. The molecule has 3 rings (SSSR count). The van der Waals surface area contributed by atoms with Gasteiger partial charge in [0.15, 0.2) is 5.16 Å². The van der Waals surface area contributed by atoms with Gasteiger partial charge in [0.2, 0.25) is 0 Å². The molecule has 0 radical (unpaired) electrons. The van der Waals surface area contributed by atoms with E-state index in [0.29, 0.717) is 24.4 Å². The van der Waals surface area contributed by atoms with Gasteiger partial charge in [-0.05, 0) is 49.7 Å². The van der Waals surface area contributed by atoms with Crippen LogP contribution in [-0.2, 0) is 9.53 Å². The Morgan fingerprint density at radius 3 is 2.93 bits per heavy atom. The van der Waals surface area contributed by atoms with Crippen LogP contribution in [0.5, 0.6) is 5.75 Å². The number of aromatic amines is 1. The van der Waals surface area contributed by atoms with E-state index in [-0.39, 0.29) is 17.8 Å². The van der Waals surface area contributed by atoms with Gasteiger partial charge in [0.1, 0.15) is 11.9 Å². The second-order valence-corrected chi connectivity index (χ2v) is 8.76. The lowest BCUT2D eigenvalue weighted by molar-refractivity contribution is -0.152. The Morgan fingerprint density at radius 2 is 2.19 bits per heavy atom. The minimum absolute atomic E-state index is 0.0475. The Morgan fingerprint density at radius 1 is 1.37 bits per heavy atom. The van der Waals surface area contributed by atoms with E-state index in [9.17, 15) is 4.79 Å². The molecule has 1 heterocycles. The van der Waals surface area contributed by atoms with Crippen molar-refractivity contribution in [2.45, 2.75) is 58.2 Å². The number of carbonyl (C=O) groups excluding carboxylic acids is 1. The SMILES string of the molecule is CCOc1ccc2nc(SCC(=O)O[C@@H]3C[C@@H](C)CC[C@@H]3C(C)C)[nH]c2c1. The highest BCUT2D eigenvalue weighted by atomic mass is 32.2. The first-order valence-corrected chi connectivity index (χ1v) is 10.9. The molecule has 1 aliphatic carbocycles. The Bertz CT molecular complexity index is 774. The lowest BCUT2D eigenvalue weighted by atomic mass is 9.75. The Balaban J connectivity index is 1.57. The summed E-state index contributed by atoms with van der Waals surface area (Å²) in [5, 5.41) is 0.730. The molecule has 0 amide bonds. The van der Waals surface area contributed by atoms with Crippen molar-refractivity contribution in [3.63, 3.8) is 0 Å². The molecule has 0 bridgehead atoms. The first kappa shape index (κ1) is 20.1. The van der Waals surface area contributed by atoms with Crippen LogP contribution in [0.15, 0.2) is 23.4 Å². The molecule has 3 atom stereocenters. The molecule has 1 aromatic carbocycles. The van der Waals surface area contributed by atoms with E-state index in [1.54, 1.807) is 0 Å². The molecule has 2 aromatic rings. The van der Waals surface area contributed by atoms with Crippen molar-refractivity contribution < 1.29 is 14.3 Å². The van der Waals surface area contributed by atoms with Gasteiger partial charge < -0.3 is 14.5 Å². The molecule has 27 heavy (non-hydrogen) atoms. The molecule has 6 heteroatoms. The predicted molar refractivity (Wildman–Crippen MR) is 109 cm³/mol. The standard InChI is InChI=1S/C21H30N2O3S/c1-5-25-15-7-9-17-18(11-15)23-21(22-17)27-12-20(24)26-19-10-14(4)6-8-16(19)13(2)3/h7,9,11,13-14,16,19H,5-6,8,10,12H2,1-4H3,(H,22,23)/t14-,16+,19+/m0/s1. The Labute approximate surface area is 165 Å². The third kappa shape index (κ3) is 5.18. The molecule has 5 nitrogen and oxygen atoms in total. The molecule has 0 aliphatic heterocycles. The van der Waals surface area contributed by atoms with Gasteiger partial charge in [-0.2, -0.15) is 0 Å². The summed E-state index contributed by atoms with van der Waals surface area (Å²) in [5.41, 5.74) is 1.79. The molecular formula is C21H30N2O3S. The summed E-state index contributed by atoms with van der Waals surface area (Å²) in [7, 11) is 0. The zero-order valence-corrected chi connectivity index (χ0v) is 17.5. The van der Waals surface area contributed by atoms with Crippen molar-refractivity contribution in [3.05, 3.63) is 18.2 Å². The topological polar surface area (TPSA) is 64.2 Å². The third-order valence-electron chi connectivity index (χ3n) is 5.31. The van der Waals surface area contributed by atoms with E-state index in [4.69, 9.17) is 9.47 Å². The van der Waals surface area contributed by atoms with E-state index >= 15 is 0 Å². The zero-order chi connectivity index (χ0) is 19.4. The van der Waals surface area contributed by atoms with Crippen LogP contribution in [0.2, 0.25) is 0 Å². The number of nitrogens with zero attached hydrogens (tertiary/aromatic N) is 1. The number of imidazole rings is 1. The van der Waals surface area contributed by atoms with Crippen molar-refractivity contribution in [1.29, 1.82) is 0 Å². The highest BCUT2D eigenvalue weighted by Gasteiger charge is 2.33. The third-order valence-corrected chi connectivity index (χ3v) is 6.16. The van der Waals surface area contributed by atoms with Gasteiger partial charge in [0.25, 0.3) is 0 Å². The van der Waals surface area contributed by atoms with Gasteiger partial charge in [-0.1, -0.05) is 39.0 Å². The van der Waals surface area contributed by atoms with Gasteiger partial charge in [-0.3, -0.25) is 4.79 Å². The first-order valence-electron chi connectivity index (χ1n) is 9.91. The summed E-state index contributed by atoms with van der Waals surface area (Å²) in [6, 6.07) is 5.77. The van der Waals surface area contributed by atoms with Crippen LogP contribution < -0.4 is 4.74 Å². The largest absolute Gasteiger partial charge is 0.494 e. The minimum Gasteiger partial charge on any atom is -0.494 e. The highest BCUT2D eigenvalue weighted by Crippen LogP contribution is 2.35. The molecule has 0 saturated heterocycles. The molecule has 1 saturated carbocycles. The number of aromatic nitrogens is 2. The first-order chi connectivity index (χ1) is 13.0. The normalized spacial score (nSPS) is 22.9. The molecular weight excluding hydrogens is 360 g/mol. The molecule has 0 unspecified atom stereocenters. The Kier molecular flexibility index (Phi) is 6.68. The zero-order valence-electron chi connectivity index (χ0n) is 16.7. The summed E-state index contributed by atoms with van der Waals surface area (Å²) >= 11 is 1.39. The fourth-order valence-corrected chi connectivity index (χ4v) is 4.54. The average Bonchev–Trinajstić information content (AvgIpc) is 3.02. The van der Waals surface area contributed by atoms with E-state index in [0.717, 1.165) is 34.8 Å². The maximum absolute atomic E-state index is 12.4. The number of carbonyl (C=O) groups is 1. The van der Waals surface area contributed by atoms with Crippen LogP contribution in [0.3, 0.4) is 0 Å². The summed E-state index contributed by atoms with van der Waals surface area (Å²) in [5.74, 6) is 2.57. The van der Waals surface area contributed by atoms with Crippen molar-refractivity contribution in [2.75, 3.05) is 12.4 Å². The number of thioether (sulfide) groups is 1. The number of H-pyrrole nitrogens is 1. The number of nitrogens with one attached hydrogen (secondary N) is 1. The number of rotatable bonds is 7. The number of ether oxygens (including phenoxy) is 2. The van der Waals surface area contributed by atoms with Crippen molar-refractivity contribution in [2.24, 2.45) is 17.8 Å². The quantitative estimate of drug-likeness (QED) is 0.529. The van der Waals surface area contributed by atoms with Crippen LogP contribution in [-0.4, -0.2) is 34.4 Å². The second kappa shape index (κ2) is 9.00. The van der Waals surface area contributed by atoms with Crippen LogP contribution in [0, 0.1) is 17.8 Å². The summed E-state index contributed by atoms with van der Waals surface area (Å²) in [6.07, 6.45) is 3.40. The molecule has 1 N–H and O–H groups in total. The van der Waals surface area contributed by atoms with Crippen LogP contribution in [0.1, 0.15) is 47.0 Å². The maximum Gasteiger partial charge on any atom is 0.316 e. The Hall–Kier alpha value is -1.69.